The number of aromatic hydroxyl groups is 2. The first-order valence-electron chi connectivity index (χ1n) is 11.1. The van der Waals surface area contributed by atoms with E-state index in [1.165, 1.54) is 33.5 Å². The molecule has 36 heavy (non-hydrogen) atoms. The highest BCUT2D eigenvalue weighted by atomic mass is 16.5. The highest BCUT2D eigenvalue weighted by molar-refractivity contribution is 6.39. The Balaban J connectivity index is 2.20. The van der Waals surface area contributed by atoms with E-state index in [2.05, 4.69) is 5.48 Å². The Morgan fingerprint density at radius 3 is 1.83 bits per heavy atom. The molecule has 0 heterocycles. The molecule has 9 heteroatoms. The summed E-state index contributed by atoms with van der Waals surface area (Å²) >= 11 is 0. The third-order valence-corrected chi connectivity index (χ3v) is 7.15. The lowest BCUT2D eigenvalue weighted by Gasteiger charge is -2.23. The number of phenolic OH excluding ortho intramolecular Hbond substituents is 2. The van der Waals surface area contributed by atoms with Gasteiger partial charge in [0.2, 0.25) is 0 Å². The van der Waals surface area contributed by atoms with Gasteiger partial charge in [0.05, 0.1) is 32.1 Å². The summed E-state index contributed by atoms with van der Waals surface area (Å²) in [6, 6.07) is 2.52. The van der Waals surface area contributed by atoms with Crippen LogP contribution in [0.3, 0.4) is 0 Å². The summed E-state index contributed by atoms with van der Waals surface area (Å²) in [6.45, 7) is 1.86. The molecule has 0 spiro atoms. The summed E-state index contributed by atoms with van der Waals surface area (Å²) in [5, 5.41) is 35.2. The third kappa shape index (κ3) is 2.42. The first kappa shape index (κ1) is 22.0. The number of hydrogen-bond donors (Lipinski definition) is 4. The minimum absolute atomic E-state index is 0.0286. The molecule has 0 unspecified atom stereocenters. The van der Waals surface area contributed by atoms with Crippen molar-refractivity contribution in [2.75, 3.05) is 26.8 Å². The second-order valence-electron chi connectivity index (χ2n) is 8.93. The van der Waals surface area contributed by atoms with E-state index < -0.39 is 16.6 Å². The average molecular weight is 487 g/mol. The predicted octanol–water partition coefficient (Wildman–Crippen LogP) is 4.09. The van der Waals surface area contributed by atoms with Crippen LogP contribution in [0.2, 0.25) is 0 Å². The smallest absolute Gasteiger partial charge is 0.194 e. The van der Waals surface area contributed by atoms with E-state index in [0.717, 1.165) is 5.57 Å². The van der Waals surface area contributed by atoms with Crippen molar-refractivity contribution in [3.63, 3.8) is 0 Å². The Hall–Kier alpha value is -4.50. The summed E-state index contributed by atoms with van der Waals surface area (Å²) in [7, 11) is 4.25. The minimum atomic E-state index is -0.515. The molecule has 5 aromatic rings. The lowest BCUT2D eigenvalue weighted by molar-refractivity contribution is 0.373. The summed E-state index contributed by atoms with van der Waals surface area (Å²) < 4.78 is 16.9. The van der Waals surface area contributed by atoms with Gasteiger partial charge in [0.15, 0.2) is 28.1 Å². The number of hydrogen-bond acceptors (Lipinski definition) is 9. The number of phenols is 2. The Labute approximate surface area is 203 Å². The zero-order valence-corrected chi connectivity index (χ0v) is 19.8. The molecular weight excluding hydrogens is 466 g/mol. The lowest BCUT2D eigenvalue weighted by atomic mass is 9.83. The zero-order chi connectivity index (χ0) is 25.6. The van der Waals surface area contributed by atoms with Gasteiger partial charge in [0, 0.05) is 50.2 Å². The summed E-state index contributed by atoms with van der Waals surface area (Å²) in [6.07, 6.45) is 2.12. The Morgan fingerprint density at radius 2 is 1.31 bits per heavy atom. The van der Waals surface area contributed by atoms with Gasteiger partial charge in [-0.1, -0.05) is 11.6 Å². The molecule has 182 valence electrons. The number of benzene rings is 5. The van der Waals surface area contributed by atoms with Crippen LogP contribution in [0.25, 0.3) is 49.2 Å². The second-order valence-corrected chi connectivity index (χ2v) is 8.93. The molecule has 0 aliphatic heterocycles. The van der Waals surface area contributed by atoms with Gasteiger partial charge in [0.1, 0.15) is 17.2 Å². The van der Waals surface area contributed by atoms with E-state index in [9.17, 15) is 25.0 Å². The van der Waals surface area contributed by atoms with E-state index in [-0.39, 0.29) is 39.5 Å². The summed E-state index contributed by atoms with van der Waals surface area (Å²) in [4.78, 5) is 26.6. The van der Waals surface area contributed by atoms with Crippen LogP contribution in [0, 0.1) is 0 Å². The van der Waals surface area contributed by atoms with Crippen molar-refractivity contribution >= 4 is 54.9 Å². The van der Waals surface area contributed by atoms with Crippen LogP contribution in [-0.4, -0.2) is 36.7 Å². The Morgan fingerprint density at radius 1 is 0.750 bits per heavy atom. The first-order chi connectivity index (χ1) is 17.3. The molecule has 0 aromatic heterocycles. The lowest BCUT2D eigenvalue weighted by Crippen LogP contribution is -2.10. The fourth-order valence-electron chi connectivity index (χ4n) is 5.85. The number of fused-ring (bicyclic) bond motifs is 1. The maximum absolute atomic E-state index is 13.3. The summed E-state index contributed by atoms with van der Waals surface area (Å²) in [5.74, 6) is -0.140. The van der Waals surface area contributed by atoms with Crippen molar-refractivity contribution in [1.82, 2.24) is 0 Å². The van der Waals surface area contributed by atoms with Gasteiger partial charge in [-0.25, -0.2) is 0 Å². The van der Waals surface area contributed by atoms with Gasteiger partial charge in [-0.05, 0) is 18.7 Å². The largest absolute Gasteiger partial charge is 0.505 e. The Bertz CT molecular complexity index is 1930. The molecule has 0 radical (unpaired) electrons. The molecule has 5 aromatic carbocycles. The average Bonchev–Trinajstić information content (AvgIpc) is 3.00. The van der Waals surface area contributed by atoms with Crippen molar-refractivity contribution in [3.8, 4) is 28.7 Å². The highest BCUT2D eigenvalue weighted by Crippen LogP contribution is 2.56. The van der Waals surface area contributed by atoms with E-state index in [0.29, 0.717) is 49.9 Å². The van der Waals surface area contributed by atoms with Crippen molar-refractivity contribution in [2.24, 2.45) is 0 Å². The molecule has 0 bridgehead atoms. The van der Waals surface area contributed by atoms with Crippen molar-refractivity contribution in [2.45, 2.75) is 13.3 Å². The number of anilines is 1. The molecule has 9 nitrogen and oxygen atoms in total. The normalized spacial score (nSPS) is 13.1. The molecule has 6 rings (SSSR count). The van der Waals surface area contributed by atoms with Gasteiger partial charge in [0.25, 0.3) is 0 Å². The predicted molar refractivity (Wildman–Crippen MR) is 137 cm³/mol. The first-order valence-corrected chi connectivity index (χ1v) is 11.1. The zero-order valence-electron chi connectivity index (χ0n) is 19.8. The van der Waals surface area contributed by atoms with Crippen LogP contribution in [0.1, 0.15) is 18.1 Å². The van der Waals surface area contributed by atoms with Crippen LogP contribution in [0.15, 0.2) is 27.3 Å². The van der Waals surface area contributed by atoms with E-state index in [1.807, 2.05) is 6.92 Å². The Kier molecular flexibility index (Phi) is 4.43. The molecule has 0 fully saturated rings. The standard InChI is InChI=1S/C27H21NO8/c1-9-5-10-16-17-11(6-9)27(36-4)26(32)19-13(30)8-15(35-3)21(23(17)19)20-14(34-2)7-12(29)18(22(16)20)25(31)24(10)28-33/h5,7-8,28,31-33H,6H2,1-4H3. The molecule has 1 aliphatic rings. The maximum Gasteiger partial charge on any atom is 0.194 e. The molecule has 1 aliphatic carbocycles. The SMILES string of the molecule is COc1c(O)c2c(=O)cc(OC)c3c4c(OC)cc(=O)c5c(O)c(NO)c6c(c(c1CC(C)=C6)c23)c54. The van der Waals surface area contributed by atoms with E-state index >= 15 is 0 Å². The third-order valence-electron chi connectivity index (χ3n) is 7.15. The number of ether oxygens (including phenoxy) is 3. The maximum atomic E-state index is 13.3. The topological polar surface area (TPSA) is 135 Å². The number of methoxy groups -OCH3 is 3. The molecular formula is C27H21NO8. The molecule has 4 N–H and O–H groups in total. The van der Waals surface area contributed by atoms with Gasteiger partial charge < -0.3 is 24.4 Å². The van der Waals surface area contributed by atoms with Gasteiger partial charge in [-0.15, -0.1) is 0 Å². The number of allylic oxidation sites excluding steroid dienone is 1. The molecule has 0 atom stereocenters. The van der Waals surface area contributed by atoms with Crippen LogP contribution in [-0.2, 0) is 6.42 Å². The quantitative estimate of drug-likeness (QED) is 0.128. The summed E-state index contributed by atoms with van der Waals surface area (Å²) in [5.41, 5.74) is 2.86. The second kappa shape index (κ2) is 7.25. The van der Waals surface area contributed by atoms with E-state index in [4.69, 9.17) is 14.2 Å². The molecule has 0 saturated heterocycles. The van der Waals surface area contributed by atoms with Crippen molar-refractivity contribution in [1.29, 1.82) is 0 Å². The number of nitrogens with one attached hydrogen (secondary N) is 1. The van der Waals surface area contributed by atoms with Crippen molar-refractivity contribution in [3.05, 3.63) is 49.3 Å². The molecule has 0 saturated carbocycles. The van der Waals surface area contributed by atoms with Crippen LogP contribution >= 0.6 is 0 Å². The fraction of sp³-hybridized carbons (Fsp3) is 0.185. The van der Waals surface area contributed by atoms with Gasteiger partial charge in [-0.3, -0.25) is 20.3 Å². The fourth-order valence-corrected chi connectivity index (χ4v) is 5.85. The van der Waals surface area contributed by atoms with E-state index in [1.54, 1.807) is 6.08 Å². The molecule has 0 amide bonds. The highest BCUT2D eigenvalue weighted by Gasteiger charge is 2.32. The van der Waals surface area contributed by atoms with Gasteiger partial charge >= 0.3 is 0 Å². The van der Waals surface area contributed by atoms with Crippen LogP contribution in [0.5, 0.6) is 28.7 Å². The minimum Gasteiger partial charge on any atom is -0.505 e. The van der Waals surface area contributed by atoms with Crippen LogP contribution < -0.4 is 30.5 Å². The monoisotopic (exact) mass is 487 g/mol. The number of rotatable bonds is 4. The van der Waals surface area contributed by atoms with Crippen LogP contribution in [0.4, 0.5) is 5.69 Å². The van der Waals surface area contributed by atoms with Gasteiger partial charge in [-0.2, -0.15) is 0 Å². The van der Waals surface area contributed by atoms with Crippen molar-refractivity contribution < 1.29 is 29.6 Å².